The van der Waals surface area contributed by atoms with E-state index >= 15 is 0 Å². The Balaban J connectivity index is 1.36. The summed E-state index contributed by atoms with van der Waals surface area (Å²) in [6, 6.07) is 15.3. The molecular weight excluding hydrogens is 462 g/mol. The van der Waals surface area contributed by atoms with E-state index in [1.54, 1.807) is 6.20 Å². The Morgan fingerprint density at radius 2 is 1.69 bits per heavy atom. The SMILES string of the molecule is Cc1ccc(Cl)cc1N1CCN(C(=O)Cn2c(C)c3cnn(-c4ccccc4)c(=O)c3c2C)CC1. The summed E-state index contributed by atoms with van der Waals surface area (Å²) in [6.07, 6.45) is 1.72. The smallest absolute Gasteiger partial charge is 0.281 e. The van der Waals surface area contributed by atoms with E-state index < -0.39 is 0 Å². The summed E-state index contributed by atoms with van der Waals surface area (Å²) in [7, 11) is 0. The van der Waals surface area contributed by atoms with Crippen LogP contribution >= 0.6 is 11.6 Å². The Bertz CT molecular complexity index is 1470. The van der Waals surface area contributed by atoms with Gasteiger partial charge in [0.2, 0.25) is 5.91 Å². The molecule has 0 aliphatic carbocycles. The van der Waals surface area contributed by atoms with Crippen LogP contribution in [0.4, 0.5) is 5.69 Å². The van der Waals surface area contributed by atoms with Gasteiger partial charge in [0.05, 0.1) is 17.3 Å². The van der Waals surface area contributed by atoms with Crippen molar-refractivity contribution in [1.82, 2.24) is 19.2 Å². The van der Waals surface area contributed by atoms with Crippen LogP contribution in [0, 0.1) is 20.8 Å². The Kier molecular flexibility index (Phi) is 6.11. The fraction of sp³-hybridized carbons (Fsp3) is 0.296. The molecule has 3 heterocycles. The predicted octanol–water partition coefficient (Wildman–Crippen LogP) is 4.11. The number of amides is 1. The molecule has 1 amide bonds. The Hall–Kier alpha value is -3.58. The molecule has 0 bridgehead atoms. The summed E-state index contributed by atoms with van der Waals surface area (Å²) in [6.45, 7) is 8.92. The number of halogens is 1. The number of hydrogen-bond acceptors (Lipinski definition) is 4. The first kappa shape index (κ1) is 23.2. The second-order valence-electron chi connectivity index (χ2n) is 9.04. The highest BCUT2D eigenvalue weighted by Crippen LogP contribution is 2.26. The summed E-state index contributed by atoms with van der Waals surface area (Å²) >= 11 is 6.20. The average molecular weight is 490 g/mol. The van der Waals surface area contributed by atoms with Gasteiger partial charge in [-0.3, -0.25) is 9.59 Å². The van der Waals surface area contributed by atoms with Crippen molar-refractivity contribution in [3.8, 4) is 5.69 Å². The molecule has 0 N–H and O–H groups in total. The summed E-state index contributed by atoms with van der Waals surface area (Å²) in [5.41, 5.74) is 4.50. The standard InChI is InChI=1S/C27H28ClN5O2/c1-18-9-10-21(28)15-24(18)30-11-13-31(14-12-30)25(34)17-32-19(2)23-16-29-33(22-7-5-4-6-8-22)27(35)26(23)20(32)3/h4-10,15-16H,11-14,17H2,1-3H3. The summed E-state index contributed by atoms with van der Waals surface area (Å²) in [5.74, 6) is 0.0512. The van der Waals surface area contributed by atoms with Gasteiger partial charge in [0.25, 0.3) is 5.56 Å². The topological polar surface area (TPSA) is 63.4 Å². The molecule has 8 heteroatoms. The lowest BCUT2D eigenvalue weighted by Gasteiger charge is -2.37. The fourth-order valence-electron chi connectivity index (χ4n) is 4.95. The molecule has 180 valence electrons. The first-order valence-corrected chi connectivity index (χ1v) is 12.1. The Labute approximate surface area is 209 Å². The molecule has 5 rings (SSSR count). The second-order valence-corrected chi connectivity index (χ2v) is 9.48. The molecule has 4 aromatic rings. The number of piperazine rings is 1. The maximum Gasteiger partial charge on any atom is 0.281 e. The van der Waals surface area contributed by atoms with E-state index in [2.05, 4.69) is 16.9 Å². The minimum Gasteiger partial charge on any atom is -0.368 e. The molecule has 0 radical (unpaired) electrons. The van der Waals surface area contributed by atoms with Gasteiger partial charge in [-0.15, -0.1) is 0 Å². The van der Waals surface area contributed by atoms with Crippen LogP contribution in [0.15, 0.2) is 59.5 Å². The van der Waals surface area contributed by atoms with Crippen LogP contribution in [0.3, 0.4) is 0 Å². The first-order chi connectivity index (χ1) is 16.8. The van der Waals surface area contributed by atoms with E-state index in [0.29, 0.717) is 24.2 Å². The molecule has 2 aromatic heterocycles. The molecule has 1 fully saturated rings. The van der Waals surface area contributed by atoms with Crippen molar-refractivity contribution < 1.29 is 4.79 Å². The van der Waals surface area contributed by atoms with Crippen molar-refractivity contribution in [3.05, 3.63) is 87.1 Å². The number of carbonyl (C=O) groups is 1. The largest absolute Gasteiger partial charge is 0.368 e. The van der Waals surface area contributed by atoms with Crippen molar-refractivity contribution >= 4 is 34.0 Å². The molecular formula is C27H28ClN5O2. The van der Waals surface area contributed by atoms with E-state index in [4.69, 9.17) is 11.6 Å². The average Bonchev–Trinajstić information content (AvgIpc) is 3.11. The number of hydrogen-bond donors (Lipinski definition) is 0. The number of nitrogens with zero attached hydrogens (tertiary/aromatic N) is 5. The molecule has 1 aliphatic rings. The van der Waals surface area contributed by atoms with Gasteiger partial charge in [0.15, 0.2) is 0 Å². The Morgan fingerprint density at radius 3 is 2.40 bits per heavy atom. The molecule has 1 saturated heterocycles. The highest BCUT2D eigenvalue weighted by Gasteiger charge is 2.24. The number of rotatable bonds is 4. The van der Waals surface area contributed by atoms with Crippen molar-refractivity contribution in [2.45, 2.75) is 27.3 Å². The van der Waals surface area contributed by atoms with Crippen molar-refractivity contribution in [1.29, 1.82) is 0 Å². The molecule has 0 atom stereocenters. The van der Waals surface area contributed by atoms with Crippen molar-refractivity contribution in [2.75, 3.05) is 31.1 Å². The van der Waals surface area contributed by atoms with Crippen LogP contribution in [0.5, 0.6) is 0 Å². The quantitative estimate of drug-likeness (QED) is 0.432. The van der Waals surface area contributed by atoms with E-state index in [0.717, 1.165) is 40.6 Å². The zero-order valence-electron chi connectivity index (χ0n) is 20.2. The van der Waals surface area contributed by atoms with E-state index in [1.165, 1.54) is 10.2 Å². The minimum absolute atomic E-state index is 0.0512. The maximum atomic E-state index is 13.3. The lowest BCUT2D eigenvalue weighted by Crippen LogP contribution is -2.49. The third-order valence-corrected chi connectivity index (χ3v) is 7.21. The van der Waals surface area contributed by atoms with E-state index in [-0.39, 0.29) is 18.0 Å². The number of aromatic nitrogens is 3. The van der Waals surface area contributed by atoms with Crippen LogP contribution in [-0.2, 0) is 11.3 Å². The summed E-state index contributed by atoms with van der Waals surface area (Å²) in [5, 5.41) is 6.50. The first-order valence-electron chi connectivity index (χ1n) is 11.8. The molecule has 7 nitrogen and oxygen atoms in total. The lowest BCUT2D eigenvalue weighted by atomic mass is 10.1. The maximum absolute atomic E-state index is 13.3. The highest BCUT2D eigenvalue weighted by molar-refractivity contribution is 6.30. The van der Waals surface area contributed by atoms with Gasteiger partial charge in [0, 0.05) is 53.7 Å². The van der Waals surface area contributed by atoms with Crippen LogP contribution in [0.2, 0.25) is 5.02 Å². The van der Waals surface area contributed by atoms with Crippen molar-refractivity contribution in [3.63, 3.8) is 0 Å². The van der Waals surface area contributed by atoms with Crippen molar-refractivity contribution in [2.24, 2.45) is 0 Å². The molecule has 0 unspecified atom stereocenters. The lowest BCUT2D eigenvalue weighted by molar-refractivity contribution is -0.132. The van der Waals surface area contributed by atoms with Gasteiger partial charge in [-0.1, -0.05) is 35.9 Å². The third kappa shape index (κ3) is 4.21. The molecule has 1 aliphatic heterocycles. The molecule has 0 saturated carbocycles. The number of anilines is 1. The Morgan fingerprint density at radius 1 is 0.971 bits per heavy atom. The van der Waals surface area contributed by atoms with Gasteiger partial charge < -0.3 is 14.4 Å². The number of aryl methyl sites for hydroxylation is 3. The van der Waals surface area contributed by atoms with Crippen LogP contribution in [-0.4, -0.2) is 51.3 Å². The van der Waals surface area contributed by atoms with Gasteiger partial charge in [-0.2, -0.15) is 9.78 Å². The van der Waals surface area contributed by atoms with Gasteiger partial charge in [-0.05, 0) is 50.6 Å². The zero-order valence-corrected chi connectivity index (χ0v) is 20.9. The molecule has 2 aromatic carbocycles. The van der Waals surface area contributed by atoms with Gasteiger partial charge in [-0.25, -0.2) is 0 Å². The molecule has 0 spiro atoms. The minimum atomic E-state index is -0.175. The molecule has 35 heavy (non-hydrogen) atoms. The van der Waals surface area contributed by atoms with Gasteiger partial charge >= 0.3 is 0 Å². The summed E-state index contributed by atoms with van der Waals surface area (Å²) < 4.78 is 3.36. The third-order valence-electron chi connectivity index (χ3n) is 6.98. The monoisotopic (exact) mass is 489 g/mol. The number of carbonyl (C=O) groups excluding carboxylic acids is 1. The van der Waals surface area contributed by atoms with Crippen LogP contribution in [0.25, 0.3) is 16.5 Å². The highest BCUT2D eigenvalue weighted by atomic mass is 35.5. The van der Waals surface area contributed by atoms with E-state index in [9.17, 15) is 9.59 Å². The zero-order chi connectivity index (χ0) is 24.7. The van der Waals surface area contributed by atoms with E-state index in [1.807, 2.05) is 71.8 Å². The summed E-state index contributed by atoms with van der Waals surface area (Å²) in [4.78, 5) is 30.7. The van der Waals surface area contributed by atoms with Gasteiger partial charge in [0.1, 0.15) is 6.54 Å². The van der Waals surface area contributed by atoms with Crippen LogP contribution in [0.1, 0.15) is 17.0 Å². The number of benzene rings is 2. The number of para-hydroxylation sites is 1. The number of fused-ring (bicyclic) bond motifs is 1. The normalized spacial score (nSPS) is 14.1. The predicted molar refractivity (Wildman–Crippen MR) is 140 cm³/mol. The van der Waals surface area contributed by atoms with Crippen LogP contribution < -0.4 is 10.5 Å². The second kappa shape index (κ2) is 9.23. The fourth-order valence-corrected chi connectivity index (χ4v) is 5.12.